The summed E-state index contributed by atoms with van der Waals surface area (Å²) in [5.41, 5.74) is 0.677. The van der Waals surface area contributed by atoms with Gasteiger partial charge in [-0.25, -0.2) is 0 Å². The van der Waals surface area contributed by atoms with E-state index < -0.39 is 0 Å². The molecular formula is C13H17N3O4. The molecule has 1 saturated heterocycles. The molecule has 7 nitrogen and oxygen atoms in total. The van der Waals surface area contributed by atoms with Crippen LogP contribution in [-0.4, -0.2) is 43.8 Å². The van der Waals surface area contributed by atoms with E-state index in [0.29, 0.717) is 36.4 Å². The molecule has 20 heavy (non-hydrogen) atoms. The molecule has 3 rings (SSSR count). The van der Waals surface area contributed by atoms with Crippen molar-refractivity contribution in [2.45, 2.75) is 13.0 Å². The SMILES string of the molecule is CC1CN(c2cc3c(cc2[N+](=O)[O-])OCCO3)CCN1. The number of rotatable bonds is 2. The fourth-order valence-corrected chi connectivity index (χ4v) is 2.62. The Kier molecular flexibility index (Phi) is 3.35. The molecule has 0 aromatic heterocycles. The maximum atomic E-state index is 11.3. The number of nitro benzene ring substituents is 1. The van der Waals surface area contributed by atoms with Crippen molar-refractivity contribution in [2.75, 3.05) is 37.7 Å². The van der Waals surface area contributed by atoms with Gasteiger partial charge in [0.05, 0.1) is 11.0 Å². The first-order valence-electron chi connectivity index (χ1n) is 6.71. The lowest BCUT2D eigenvalue weighted by molar-refractivity contribution is -0.384. The van der Waals surface area contributed by atoms with E-state index in [1.165, 1.54) is 6.07 Å². The predicted octanol–water partition coefficient (Wildman–Crippen LogP) is 1.16. The highest BCUT2D eigenvalue weighted by Gasteiger charge is 2.27. The lowest BCUT2D eigenvalue weighted by Crippen LogP contribution is -2.49. The van der Waals surface area contributed by atoms with Crippen LogP contribution in [0.15, 0.2) is 12.1 Å². The van der Waals surface area contributed by atoms with Crippen LogP contribution in [0.3, 0.4) is 0 Å². The second kappa shape index (κ2) is 5.16. The van der Waals surface area contributed by atoms with Gasteiger partial charge in [-0.15, -0.1) is 0 Å². The molecule has 0 saturated carbocycles. The molecule has 1 unspecified atom stereocenters. The van der Waals surface area contributed by atoms with Crippen LogP contribution in [0.4, 0.5) is 11.4 Å². The standard InChI is InChI=1S/C13H17N3O4/c1-9-8-15(3-2-14-9)10-6-12-13(20-5-4-19-12)7-11(10)16(17)18/h6-7,9,14H,2-5,8H2,1H3. The number of ether oxygens (including phenoxy) is 2. The van der Waals surface area contributed by atoms with Crippen molar-refractivity contribution in [3.05, 3.63) is 22.2 Å². The molecule has 2 aliphatic heterocycles. The van der Waals surface area contributed by atoms with Crippen LogP contribution in [0, 0.1) is 10.1 Å². The largest absolute Gasteiger partial charge is 0.486 e. The third kappa shape index (κ3) is 2.36. The molecule has 1 aromatic rings. The molecule has 0 aliphatic carbocycles. The zero-order valence-corrected chi connectivity index (χ0v) is 11.3. The number of nitrogens with zero attached hydrogens (tertiary/aromatic N) is 2. The minimum atomic E-state index is -0.361. The normalized spacial score (nSPS) is 21.6. The van der Waals surface area contributed by atoms with Crippen LogP contribution in [0.1, 0.15) is 6.92 Å². The molecular weight excluding hydrogens is 262 g/mol. The Hall–Kier alpha value is -2.02. The van der Waals surface area contributed by atoms with Gasteiger partial charge in [-0.05, 0) is 6.92 Å². The van der Waals surface area contributed by atoms with Crippen LogP contribution in [0.2, 0.25) is 0 Å². The lowest BCUT2D eigenvalue weighted by Gasteiger charge is -2.33. The van der Waals surface area contributed by atoms with Crippen molar-refractivity contribution in [3.8, 4) is 11.5 Å². The number of fused-ring (bicyclic) bond motifs is 1. The second-order valence-electron chi connectivity index (χ2n) is 5.04. The summed E-state index contributed by atoms with van der Waals surface area (Å²) in [5.74, 6) is 1.04. The monoisotopic (exact) mass is 279 g/mol. The number of hydrogen-bond acceptors (Lipinski definition) is 6. The van der Waals surface area contributed by atoms with Gasteiger partial charge in [-0.3, -0.25) is 10.1 Å². The molecule has 2 aliphatic rings. The third-order valence-electron chi connectivity index (χ3n) is 3.55. The Labute approximate surface area is 116 Å². The van der Waals surface area contributed by atoms with E-state index in [1.807, 2.05) is 4.90 Å². The summed E-state index contributed by atoms with van der Waals surface area (Å²) < 4.78 is 10.9. The number of nitrogens with one attached hydrogen (secondary N) is 1. The Bertz CT molecular complexity index is 535. The topological polar surface area (TPSA) is 76.9 Å². The van der Waals surface area contributed by atoms with Gasteiger partial charge in [0, 0.05) is 31.7 Å². The van der Waals surface area contributed by atoms with Gasteiger partial charge in [0.15, 0.2) is 11.5 Å². The zero-order chi connectivity index (χ0) is 14.1. The van der Waals surface area contributed by atoms with E-state index in [2.05, 4.69) is 12.2 Å². The molecule has 7 heteroatoms. The highest BCUT2D eigenvalue weighted by atomic mass is 16.6. The quantitative estimate of drug-likeness (QED) is 0.646. The Morgan fingerprint density at radius 2 is 2.05 bits per heavy atom. The molecule has 108 valence electrons. The molecule has 0 radical (unpaired) electrons. The maximum absolute atomic E-state index is 11.3. The van der Waals surface area contributed by atoms with E-state index >= 15 is 0 Å². The summed E-state index contributed by atoms with van der Waals surface area (Å²) in [7, 11) is 0. The zero-order valence-electron chi connectivity index (χ0n) is 11.3. The number of piperazine rings is 1. The molecule has 1 aromatic carbocycles. The minimum Gasteiger partial charge on any atom is -0.486 e. The van der Waals surface area contributed by atoms with Gasteiger partial charge in [0.1, 0.15) is 18.9 Å². The molecule has 2 heterocycles. The van der Waals surface area contributed by atoms with Crippen molar-refractivity contribution < 1.29 is 14.4 Å². The van der Waals surface area contributed by atoms with E-state index in [9.17, 15) is 10.1 Å². The summed E-state index contributed by atoms with van der Waals surface area (Å²) in [5, 5.41) is 14.6. The van der Waals surface area contributed by atoms with E-state index in [-0.39, 0.29) is 10.6 Å². The number of nitro groups is 1. The van der Waals surface area contributed by atoms with Crippen molar-refractivity contribution in [2.24, 2.45) is 0 Å². The Morgan fingerprint density at radius 1 is 1.35 bits per heavy atom. The average Bonchev–Trinajstić information content (AvgIpc) is 2.46. The highest BCUT2D eigenvalue weighted by molar-refractivity contribution is 5.70. The maximum Gasteiger partial charge on any atom is 0.296 e. The first-order valence-corrected chi connectivity index (χ1v) is 6.71. The molecule has 1 N–H and O–H groups in total. The van der Waals surface area contributed by atoms with Crippen molar-refractivity contribution >= 4 is 11.4 Å². The highest BCUT2D eigenvalue weighted by Crippen LogP contribution is 2.41. The third-order valence-corrected chi connectivity index (χ3v) is 3.55. The fourth-order valence-electron chi connectivity index (χ4n) is 2.62. The van der Waals surface area contributed by atoms with Gasteiger partial charge >= 0.3 is 0 Å². The summed E-state index contributed by atoms with van der Waals surface area (Å²) in [4.78, 5) is 13.0. The summed E-state index contributed by atoms with van der Waals surface area (Å²) in [6.07, 6.45) is 0. The van der Waals surface area contributed by atoms with E-state index in [4.69, 9.17) is 9.47 Å². The summed E-state index contributed by atoms with van der Waals surface area (Å²) in [6.45, 7) is 5.25. The van der Waals surface area contributed by atoms with Crippen LogP contribution in [-0.2, 0) is 0 Å². The molecule has 0 spiro atoms. The van der Waals surface area contributed by atoms with Crippen LogP contribution in [0.25, 0.3) is 0 Å². The van der Waals surface area contributed by atoms with Crippen molar-refractivity contribution in [1.29, 1.82) is 0 Å². The van der Waals surface area contributed by atoms with Crippen LogP contribution < -0.4 is 19.7 Å². The number of benzene rings is 1. The smallest absolute Gasteiger partial charge is 0.296 e. The van der Waals surface area contributed by atoms with Gasteiger partial charge in [0.25, 0.3) is 5.69 Å². The molecule has 0 bridgehead atoms. The van der Waals surface area contributed by atoms with Gasteiger partial charge in [-0.2, -0.15) is 0 Å². The lowest BCUT2D eigenvalue weighted by atomic mass is 10.1. The van der Waals surface area contributed by atoms with Crippen molar-refractivity contribution in [3.63, 3.8) is 0 Å². The van der Waals surface area contributed by atoms with Crippen LogP contribution in [0.5, 0.6) is 11.5 Å². The molecule has 1 atom stereocenters. The number of anilines is 1. The number of hydrogen-bond donors (Lipinski definition) is 1. The van der Waals surface area contributed by atoms with Gasteiger partial charge in [0.2, 0.25) is 0 Å². The second-order valence-corrected chi connectivity index (χ2v) is 5.04. The first-order chi connectivity index (χ1) is 9.65. The van der Waals surface area contributed by atoms with E-state index in [1.54, 1.807) is 6.07 Å². The van der Waals surface area contributed by atoms with Gasteiger partial charge < -0.3 is 19.7 Å². The Morgan fingerprint density at radius 3 is 2.70 bits per heavy atom. The van der Waals surface area contributed by atoms with Gasteiger partial charge in [-0.1, -0.05) is 0 Å². The Balaban J connectivity index is 2.01. The minimum absolute atomic E-state index is 0.0725. The van der Waals surface area contributed by atoms with E-state index in [0.717, 1.165) is 19.6 Å². The fraction of sp³-hybridized carbons (Fsp3) is 0.538. The first kappa shape index (κ1) is 13.0. The van der Waals surface area contributed by atoms with Crippen molar-refractivity contribution in [1.82, 2.24) is 5.32 Å². The summed E-state index contributed by atoms with van der Waals surface area (Å²) >= 11 is 0. The van der Waals surface area contributed by atoms with Crippen LogP contribution >= 0.6 is 0 Å². The molecule has 0 amide bonds. The predicted molar refractivity (Wildman–Crippen MR) is 73.8 cm³/mol. The summed E-state index contributed by atoms with van der Waals surface area (Å²) in [6, 6.07) is 3.50. The molecule has 1 fully saturated rings. The average molecular weight is 279 g/mol.